The molecule has 2 amide bonds. The standard InChI is InChI=1S/C16H29N3O2/c20-15(10-13-4-2-1-3-5-13)19-12-16(21)18-9-7-14-6-8-17-11-14/h13-14,17H,1-12H2,(H,18,21)(H,19,20). The number of hydrogen-bond acceptors (Lipinski definition) is 3. The number of carbonyl (C=O) groups excluding carboxylic acids is 2. The lowest BCUT2D eigenvalue weighted by atomic mass is 9.87. The molecule has 0 aromatic heterocycles. The summed E-state index contributed by atoms with van der Waals surface area (Å²) in [5.74, 6) is 1.16. The van der Waals surface area contributed by atoms with E-state index in [2.05, 4.69) is 16.0 Å². The number of amides is 2. The molecule has 2 fully saturated rings. The van der Waals surface area contributed by atoms with Gasteiger partial charge in [-0.05, 0) is 50.6 Å². The normalized spacial score (nSPS) is 23.0. The van der Waals surface area contributed by atoms with Gasteiger partial charge in [0.25, 0.3) is 0 Å². The SMILES string of the molecule is O=C(CNC(=O)CC1CCCCC1)NCCC1CCNC1. The molecular weight excluding hydrogens is 266 g/mol. The van der Waals surface area contributed by atoms with Gasteiger partial charge in [-0.2, -0.15) is 0 Å². The second-order valence-corrected chi connectivity index (χ2v) is 6.48. The first kappa shape index (κ1) is 16.3. The molecule has 0 radical (unpaired) electrons. The van der Waals surface area contributed by atoms with Gasteiger partial charge < -0.3 is 16.0 Å². The Bertz CT molecular complexity index is 334. The molecule has 2 rings (SSSR count). The number of hydrogen-bond donors (Lipinski definition) is 3. The quantitative estimate of drug-likeness (QED) is 0.661. The highest BCUT2D eigenvalue weighted by Gasteiger charge is 2.17. The molecule has 2 aliphatic rings. The Balaban J connectivity index is 1.50. The van der Waals surface area contributed by atoms with Gasteiger partial charge in [0, 0.05) is 13.0 Å². The maximum atomic E-state index is 11.8. The van der Waals surface area contributed by atoms with E-state index in [0.29, 0.717) is 24.8 Å². The van der Waals surface area contributed by atoms with Gasteiger partial charge in [-0.1, -0.05) is 19.3 Å². The average Bonchev–Trinajstić information content (AvgIpc) is 2.99. The predicted molar refractivity (Wildman–Crippen MR) is 82.8 cm³/mol. The fourth-order valence-electron chi connectivity index (χ4n) is 3.34. The highest BCUT2D eigenvalue weighted by atomic mass is 16.2. The number of rotatable bonds is 7. The van der Waals surface area contributed by atoms with Crippen molar-refractivity contribution in [1.29, 1.82) is 0 Å². The molecule has 1 atom stereocenters. The van der Waals surface area contributed by atoms with Crippen molar-refractivity contribution in [2.24, 2.45) is 11.8 Å². The summed E-state index contributed by atoms with van der Waals surface area (Å²) in [7, 11) is 0. The van der Waals surface area contributed by atoms with Gasteiger partial charge in [0.05, 0.1) is 6.54 Å². The van der Waals surface area contributed by atoms with Crippen molar-refractivity contribution in [2.75, 3.05) is 26.2 Å². The van der Waals surface area contributed by atoms with Gasteiger partial charge >= 0.3 is 0 Å². The molecule has 1 heterocycles. The Morgan fingerprint density at radius 2 is 1.76 bits per heavy atom. The van der Waals surface area contributed by atoms with Gasteiger partial charge in [-0.3, -0.25) is 9.59 Å². The highest BCUT2D eigenvalue weighted by molar-refractivity contribution is 5.84. The third-order valence-corrected chi connectivity index (χ3v) is 4.68. The molecule has 0 bridgehead atoms. The summed E-state index contributed by atoms with van der Waals surface area (Å²) in [4.78, 5) is 23.5. The lowest BCUT2D eigenvalue weighted by molar-refractivity contribution is -0.126. The number of nitrogens with one attached hydrogen (secondary N) is 3. The Kier molecular flexibility index (Phi) is 7.00. The minimum atomic E-state index is -0.0713. The van der Waals surface area contributed by atoms with Gasteiger partial charge in [0.2, 0.25) is 11.8 Å². The first-order chi connectivity index (χ1) is 10.2. The van der Waals surface area contributed by atoms with E-state index in [1.54, 1.807) is 0 Å². The average molecular weight is 295 g/mol. The van der Waals surface area contributed by atoms with E-state index in [9.17, 15) is 9.59 Å². The molecule has 0 aromatic carbocycles. The largest absolute Gasteiger partial charge is 0.355 e. The zero-order valence-electron chi connectivity index (χ0n) is 13.0. The fourth-order valence-corrected chi connectivity index (χ4v) is 3.34. The lowest BCUT2D eigenvalue weighted by Crippen LogP contribution is -2.38. The van der Waals surface area contributed by atoms with Crippen LogP contribution in [-0.4, -0.2) is 38.0 Å². The second kappa shape index (κ2) is 9.03. The molecule has 5 nitrogen and oxygen atoms in total. The van der Waals surface area contributed by atoms with Crippen molar-refractivity contribution in [2.45, 2.75) is 51.4 Å². The van der Waals surface area contributed by atoms with Gasteiger partial charge in [0.15, 0.2) is 0 Å². The van der Waals surface area contributed by atoms with Crippen LogP contribution in [0.3, 0.4) is 0 Å². The van der Waals surface area contributed by atoms with Crippen molar-refractivity contribution >= 4 is 11.8 Å². The maximum Gasteiger partial charge on any atom is 0.239 e. The minimum Gasteiger partial charge on any atom is -0.355 e. The van der Waals surface area contributed by atoms with Crippen LogP contribution in [0.2, 0.25) is 0 Å². The summed E-state index contributed by atoms with van der Waals surface area (Å²) in [6, 6.07) is 0. The van der Waals surface area contributed by atoms with E-state index < -0.39 is 0 Å². The first-order valence-electron chi connectivity index (χ1n) is 8.48. The molecule has 1 saturated carbocycles. The molecule has 1 saturated heterocycles. The molecule has 21 heavy (non-hydrogen) atoms. The topological polar surface area (TPSA) is 70.2 Å². The summed E-state index contributed by atoms with van der Waals surface area (Å²) >= 11 is 0. The van der Waals surface area contributed by atoms with Gasteiger partial charge in [0.1, 0.15) is 0 Å². The summed E-state index contributed by atoms with van der Waals surface area (Å²) in [6.45, 7) is 2.99. The summed E-state index contributed by atoms with van der Waals surface area (Å²) in [5, 5.41) is 8.95. The maximum absolute atomic E-state index is 11.8. The van der Waals surface area contributed by atoms with E-state index in [-0.39, 0.29) is 18.4 Å². The molecule has 3 N–H and O–H groups in total. The molecule has 1 unspecified atom stereocenters. The van der Waals surface area contributed by atoms with Crippen LogP contribution >= 0.6 is 0 Å². The van der Waals surface area contributed by atoms with Crippen LogP contribution in [0, 0.1) is 11.8 Å². The van der Waals surface area contributed by atoms with E-state index in [1.165, 1.54) is 25.7 Å². The van der Waals surface area contributed by atoms with Crippen LogP contribution in [0.4, 0.5) is 0 Å². The zero-order chi connectivity index (χ0) is 14.9. The third-order valence-electron chi connectivity index (χ3n) is 4.68. The van der Waals surface area contributed by atoms with Crippen molar-refractivity contribution in [3.05, 3.63) is 0 Å². The lowest BCUT2D eigenvalue weighted by Gasteiger charge is -2.20. The highest BCUT2D eigenvalue weighted by Crippen LogP contribution is 2.25. The molecular formula is C16H29N3O2. The van der Waals surface area contributed by atoms with Crippen LogP contribution in [0.25, 0.3) is 0 Å². The Morgan fingerprint density at radius 3 is 2.48 bits per heavy atom. The predicted octanol–water partition coefficient (Wildman–Crippen LogP) is 1.19. The van der Waals surface area contributed by atoms with Crippen molar-refractivity contribution in [1.82, 2.24) is 16.0 Å². The summed E-state index contributed by atoms with van der Waals surface area (Å²) < 4.78 is 0. The van der Waals surface area contributed by atoms with Crippen molar-refractivity contribution in [3.63, 3.8) is 0 Å². The van der Waals surface area contributed by atoms with Crippen LogP contribution in [0.15, 0.2) is 0 Å². The van der Waals surface area contributed by atoms with E-state index in [4.69, 9.17) is 0 Å². The van der Waals surface area contributed by atoms with Gasteiger partial charge in [-0.25, -0.2) is 0 Å². The summed E-state index contributed by atoms with van der Waals surface area (Å²) in [6.07, 6.45) is 8.92. The molecule has 1 aliphatic carbocycles. The zero-order valence-corrected chi connectivity index (χ0v) is 13.0. The second-order valence-electron chi connectivity index (χ2n) is 6.48. The minimum absolute atomic E-state index is 0.0250. The third kappa shape index (κ3) is 6.46. The Hall–Kier alpha value is -1.10. The Labute approximate surface area is 127 Å². The molecule has 1 aliphatic heterocycles. The first-order valence-corrected chi connectivity index (χ1v) is 8.48. The van der Waals surface area contributed by atoms with E-state index >= 15 is 0 Å². The molecule has 120 valence electrons. The molecule has 5 heteroatoms. The smallest absolute Gasteiger partial charge is 0.239 e. The molecule has 0 spiro atoms. The van der Waals surface area contributed by atoms with Gasteiger partial charge in [-0.15, -0.1) is 0 Å². The Morgan fingerprint density at radius 1 is 0.952 bits per heavy atom. The molecule has 0 aromatic rings. The van der Waals surface area contributed by atoms with Crippen molar-refractivity contribution in [3.8, 4) is 0 Å². The van der Waals surface area contributed by atoms with Crippen LogP contribution in [0.5, 0.6) is 0 Å². The van der Waals surface area contributed by atoms with Crippen LogP contribution in [-0.2, 0) is 9.59 Å². The fraction of sp³-hybridized carbons (Fsp3) is 0.875. The van der Waals surface area contributed by atoms with E-state index in [0.717, 1.165) is 32.4 Å². The van der Waals surface area contributed by atoms with Crippen molar-refractivity contribution < 1.29 is 9.59 Å². The van der Waals surface area contributed by atoms with Crippen LogP contribution in [0.1, 0.15) is 51.4 Å². The van der Waals surface area contributed by atoms with Crippen LogP contribution < -0.4 is 16.0 Å². The van der Waals surface area contributed by atoms with E-state index in [1.807, 2.05) is 0 Å². The summed E-state index contributed by atoms with van der Waals surface area (Å²) in [5.41, 5.74) is 0. The monoisotopic (exact) mass is 295 g/mol. The number of carbonyl (C=O) groups is 2.